The minimum atomic E-state index is -0.795. The van der Waals surface area contributed by atoms with Crippen molar-refractivity contribution in [3.63, 3.8) is 0 Å². The molecule has 2 aromatic carbocycles. The summed E-state index contributed by atoms with van der Waals surface area (Å²) in [4.78, 5) is 12.0. The van der Waals surface area contributed by atoms with E-state index < -0.39 is 17.8 Å². The van der Waals surface area contributed by atoms with Crippen LogP contribution in [0.4, 0.5) is 4.39 Å². The molecule has 0 radical (unpaired) electrons. The number of hydrogen-bond acceptors (Lipinski definition) is 4. The van der Waals surface area contributed by atoms with Crippen molar-refractivity contribution >= 4 is 17.5 Å². The van der Waals surface area contributed by atoms with Gasteiger partial charge in [-0.3, -0.25) is 4.79 Å². The molecule has 3 rings (SSSR count). The number of halogens is 2. The van der Waals surface area contributed by atoms with Crippen molar-refractivity contribution in [3.05, 3.63) is 58.4 Å². The highest BCUT2D eigenvalue weighted by molar-refractivity contribution is 6.33. The molecule has 0 saturated carbocycles. The van der Waals surface area contributed by atoms with Gasteiger partial charge in [0.25, 0.3) is 5.91 Å². The van der Waals surface area contributed by atoms with Crippen LogP contribution in [0, 0.1) is 5.82 Å². The Labute approximate surface area is 143 Å². The fourth-order valence-corrected chi connectivity index (χ4v) is 2.66. The van der Waals surface area contributed by atoms with Gasteiger partial charge in [0.05, 0.1) is 16.7 Å². The predicted octanol–water partition coefficient (Wildman–Crippen LogP) is 3.06. The Hall–Kier alpha value is -2.31. The molecular weight excluding hydrogens is 337 g/mol. The largest absolute Gasteiger partial charge is 0.454 e. The van der Waals surface area contributed by atoms with E-state index in [1.54, 1.807) is 18.2 Å². The van der Waals surface area contributed by atoms with E-state index in [0.29, 0.717) is 17.1 Å². The van der Waals surface area contributed by atoms with Crippen molar-refractivity contribution in [2.45, 2.75) is 12.5 Å². The lowest BCUT2D eigenvalue weighted by Crippen LogP contribution is -2.26. The molecule has 0 saturated heterocycles. The Morgan fingerprint density at radius 2 is 2.08 bits per heavy atom. The normalized spacial score (nSPS) is 13.6. The fraction of sp³-hybridized carbons (Fsp3) is 0.235. The number of carbonyl (C=O) groups excluding carboxylic acids is 1. The van der Waals surface area contributed by atoms with Gasteiger partial charge in [0.15, 0.2) is 11.5 Å². The quantitative estimate of drug-likeness (QED) is 0.868. The number of rotatable bonds is 5. The monoisotopic (exact) mass is 351 g/mol. The molecule has 0 spiro atoms. The maximum atomic E-state index is 13.7. The van der Waals surface area contributed by atoms with Gasteiger partial charge in [-0.05, 0) is 36.2 Å². The molecule has 0 bridgehead atoms. The molecule has 24 heavy (non-hydrogen) atoms. The average Bonchev–Trinajstić information content (AvgIpc) is 3.02. The topological polar surface area (TPSA) is 67.8 Å². The van der Waals surface area contributed by atoms with Crippen LogP contribution in [0.25, 0.3) is 0 Å². The van der Waals surface area contributed by atoms with E-state index in [4.69, 9.17) is 21.1 Å². The molecule has 126 valence electrons. The molecule has 0 unspecified atom stereocenters. The third kappa shape index (κ3) is 3.44. The Morgan fingerprint density at radius 3 is 2.88 bits per heavy atom. The van der Waals surface area contributed by atoms with Gasteiger partial charge in [-0.25, -0.2) is 4.39 Å². The smallest absolute Gasteiger partial charge is 0.255 e. The number of amides is 1. The summed E-state index contributed by atoms with van der Waals surface area (Å²) in [5, 5.41) is 12.8. The standard InChI is InChI=1S/C17H15ClFNO4/c18-11-2-1-3-12(19)16(11)17(22)20-7-6-13(21)10-4-5-14-15(8-10)24-9-23-14/h1-5,8,13,21H,6-7,9H2,(H,20,22)/t13-/m0/s1. The Bertz CT molecular complexity index is 748. The lowest BCUT2D eigenvalue weighted by molar-refractivity contribution is 0.0938. The first-order chi connectivity index (χ1) is 11.6. The second kappa shape index (κ2) is 7.07. The second-order valence-electron chi connectivity index (χ2n) is 5.27. The number of aliphatic hydroxyl groups excluding tert-OH is 1. The molecule has 0 aliphatic carbocycles. The van der Waals surface area contributed by atoms with Crippen LogP contribution in [0.1, 0.15) is 28.4 Å². The van der Waals surface area contributed by atoms with Gasteiger partial charge < -0.3 is 19.9 Å². The third-order valence-electron chi connectivity index (χ3n) is 3.67. The van der Waals surface area contributed by atoms with E-state index in [1.807, 2.05) is 0 Å². The fourth-order valence-electron chi connectivity index (χ4n) is 2.41. The van der Waals surface area contributed by atoms with Crippen molar-refractivity contribution < 1.29 is 23.8 Å². The number of aliphatic hydroxyl groups is 1. The first-order valence-electron chi connectivity index (χ1n) is 7.36. The minimum absolute atomic E-state index is 0.0452. The van der Waals surface area contributed by atoms with Gasteiger partial charge in [-0.15, -0.1) is 0 Å². The summed E-state index contributed by atoms with van der Waals surface area (Å²) in [6, 6.07) is 9.19. The van der Waals surface area contributed by atoms with E-state index in [1.165, 1.54) is 18.2 Å². The number of carbonyl (C=O) groups is 1. The zero-order valence-electron chi connectivity index (χ0n) is 12.6. The van der Waals surface area contributed by atoms with Crippen molar-refractivity contribution in [2.24, 2.45) is 0 Å². The highest BCUT2D eigenvalue weighted by Gasteiger charge is 2.18. The van der Waals surface area contributed by atoms with Crippen LogP contribution in [0.5, 0.6) is 11.5 Å². The summed E-state index contributed by atoms with van der Waals surface area (Å²) < 4.78 is 24.1. The van der Waals surface area contributed by atoms with Crippen molar-refractivity contribution in [1.29, 1.82) is 0 Å². The van der Waals surface area contributed by atoms with Crippen molar-refractivity contribution in [2.75, 3.05) is 13.3 Å². The highest BCUT2D eigenvalue weighted by Crippen LogP contribution is 2.34. The molecule has 1 aliphatic heterocycles. The molecule has 2 N–H and O–H groups in total. The first kappa shape index (κ1) is 16.5. The molecule has 2 aromatic rings. The number of nitrogens with one attached hydrogen (secondary N) is 1. The molecule has 5 nitrogen and oxygen atoms in total. The van der Waals surface area contributed by atoms with Crippen LogP contribution >= 0.6 is 11.6 Å². The van der Waals surface area contributed by atoms with E-state index in [0.717, 1.165) is 0 Å². The third-order valence-corrected chi connectivity index (χ3v) is 3.99. The van der Waals surface area contributed by atoms with Gasteiger partial charge in [-0.1, -0.05) is 23.7 Å². The van der Waals surface area contributed by atoms with Crippen LogP contribution < -0.4 is 14.8 Å². The summed E-state index contributed by atoms with van der Waals surface area (Å²) in [6.07, 6.45) is -0.534. The highest BCUT2D eigenvalue weighted by atomic mass is 35.5. The van der Waals surface area contributed by atoms with Gasteiger partial charge in [0.2, 0.25) is 6.79 Å². The van der Waals surface area contributed by atoms with Gasteiger partial charge in [0.1, 0.15) is 5.82 Å². The number of fused-ring (bicyclic) bond motifs is 1. The van der Waals surface area contributed by atoms with Crippen molar-refractivity contribution in [3.8, 4) is 11.5 Å². The number of ether oxygens (including phenoxy) is 2. The lowest BCUT2D eigenvalue weighted by Gasteiger charge is -2.13. The first-order valence-corrected chi connectivity index (χ1v) is 7.74. The Kier molecular flexibility index (Phi) is 4.87. The van der Waals surface area contributed by atoms with Crippen LogP contribution in [0.3, 0.4) is 0 Å². The SMILES string of the molecule is O=C(NCC[C@H](O)c1ccc2c(c1)OCO2)c1c(F)cccc1Cl. The van der Waals surface area contributed by atoms with Gasteiger partial charge >= 0.3 is 0 Å². The Balaban J connectivity index is 1.57. The predicted molar refractivity (Wildman–Crippen MR) is 85.9 cm³/mol. The summed E-state index contributed by atoms with van der Waals surface area (Å²) in [7, 11) is 0. The van der Waals surface area contributed by atoms with Crippen LogP contribution in [-0.4, -0.2) is 24.4 Å². The molecule has 7 heteroatoms. The summed E-state index contributed by atoms with van der Waals surface area (Å²) in [5.74, 6) is -0.0884. The maximum absolute atomic E-state index is 13.7. The van der Waals surface area contributed by atoms with E-state index in [2.05, 4.69) is 5.32 Å². The summed E-state index contributed by atoms with van der Waals surface area (Å²) in [5.41, 5.74) is 0.453. The zero-order valence-corrected chi connectivity index (χ0v) is 13.3. The molecule has 0 fully saturated rings. The van der Waals surface area contributed by atoms with Crippen molar-refractivity contribution in [1.82, 2.24) is 5.32 Å². The van der Waals surface area contributed by atoms with Crippen LogP contribution in [0.2, 0.25) is 5.02 Å². The van der Waals surface area contributed by atoms with E-state index >= 15 is 0 Å². The average molecular weight is 352 g/mol. The minimum Gasteiger partial charge on any atom is -0.454 e. The molecule has 1 aliphatic rings. The molecule has 1 heterocycles. The molecule has 1 amide bonds. The second-order valence-corrected chi connectivity index (χ2v) is 5.68. The van der Waals surface area contributed by atoms with Gasteiger partial charge in [0, 0.05) is 6.54 Å². The van der Waals surface area contributed by atoms with Crippen LogP contribution in [-0.2, 0) is 0 Å². The zero-order chi connectivity index (χ0) is 17.1. The van der Waals surface area contributed by atoms with Crippen LogP contribution in [0.15, 0.2) is 36.4 Å². The maximum Gasteiger partial charge on any atom is 0.255 e. The summed E-state index contributed by atoms with van der Waals surface area (Å²) >= 11 is 5.84. The number of hydrogen-bond donors (Lipinski definition) is 2. The number of benzene rings is 2. The van der Waals surface area contributed by atoms with E-state index in [-0.39, 0.29) is 30.3 Å². The van der Waals surface area contributed by atoms with Gasteiger partial charge in [-0.2, -0.15) is 0 Å². The molecule has 0 aromatic heterocycles. The Morgan fingerprint density at radius 1 is 1.29 bits per heavy atom. The summed E-state index contributed by atoms with van der Waals surface area (Å²) in [6.45, 7) is 0.327. The molecule has 1 atom stereocenters. The molecular formula is C17H15ClFNO4. The lowest BCUT2D eigenvalue weighted by atomic mass is 10.1. The van der Waals surface area contributed by atoms with E-state index in [9.17, 15) is 14.3 Å².